The van der Waals surface area contributed by atoms with Crippen LogP contribution in [0.3, 0.4) is 0 Å². The second-order valence-electron chi connectivity index (χ2n) is 6.25. The summed E-state index contributed by atoms with van der Waals surface area (Å²) in [7, 11) is 0. The number of carbonyl (C=O) groups excluding carboxylic acids is 2. The lowest BCUT2D eigenvalue weighted by Crippen LogP contribution is -2.27. The maximum absolute atomic E-state index is 14.1. The molecule has 25 heavy (non-hydrogen) atoms. The Morgan fingerprint density at radius 2 is 1.88 bits per heavy atom. The smallest absolute Gasteiger partial charge is 0.412 e. The van der Waals surface area contributed by atoms with E-state index in [1.165, 1.54) is 25.1 Å². The molecule has 2 amide bonds. The Bertz CT molecular complexity index is 706. The fraction of sp³-hybridized carbons (Fsp3) is 0.333. The topological polar surface area (TPSA) is 76.7 Å². The lowest BCUT2D eigenvalue weighted by Gasteiger charge is -2.20. The van der Waals surface area contributed by atoms with Crippen molar-refractivity contribution in [2.75, 3.05) is 5.32 Å². The molecule has 1 aromatic carbocycles. The predicted molar refractivity (Wildman–Crippen MR) is 93.6 cm³/mol. The summed E-state index contributed by atoms with van der Waals surface area (Å²) < 4.78 is 24.7. The highest BCUT2D eigenvalue weighted by atomic mass is 19.1. The highest BCUT2D eigenvalue weighted by Crippen LogP contribution is 2.23. The second-order valence-corrected chi connectivity index (χ2v) is 6.25. The predicted octanol–water partition coefficient (Wildman–Crippen LogP) is 4.11. The fourth-order valence-electron chi connectivity index (χ4n) is 1.80. The maximum Gasteiger partial charge on any atom is 0.412 e. The van der Waals surface area contributed by atoms with Crippen molar-refractivity contribution in [3.63, 3.8) is 0 Å². The van der Waals surface area contributed by atoms with Crippen molar-refractivity contribution in [1.29, 1.82) is 0 Å². The van der Waals surface area contributed by atoms with Gasteiger partial charge in [0.1, 0.15) is 17.1 Å². The molecule has 7 heteroatoms. The standard InChI is InChI=1S/C18H23FN2O4/c1-7-16(11(2)20-12(3)22)24-13-8-9-15(14(19)10-13)21-17(23)25-18(4,5)6/h7-10H,1H2,2-6H3,(H,20,22)(H,21,23)/b16-11-. The van der Waals surface area contributed by atoms with E-state index in [1.54, 1.807) is 27.7 Å². The Morgan fingerprint density at radius 1 is 1.24 bits per heavy atom. The van der Waals surface area contributed by atoms with Gasteiger partial charge in [0.2, 0.25) is 5.91 Å². The number of ether oxygens (including phenoxy) is 2. The molecule has 0 heterocycles. The fourth-order valence-corrected chi connectivity index (χ4v) is 1.80. The van der Waals surface area contributed by atoms with Crippen molar-refractivity contribution in [3.05, 3.63) is 48.1 Å². The van der Waals surface area contributed by atoms with Crippen molar-refractivity contribution in [2.24, 2.45) is 0 Å². The number of carbonyl (C=O) groups is 2. The van der Waals surface area contributed by atoms with E-state index in [0.29, 0.717) is 5.70 Å². The zero-order valence-electron chi connectivity index (χ0n) is 15.0. The van der Waals surface area contributed by atoms with Gasteiger partial charge in [-0.1, -0.05) is 6.58 Å². The number of amides is 2. The largest absolute Gasteiger partial charge is 0.455 e. The number of benzene rings is 1. The van der Waals surface area contributed by atoms with Crippen LogP contribution in [0.5, 0.6) is 5.75 Å². The van der Waals surface area contributed by atoms with Crippen molar-refractivity contribution in [3.8, 4) is 5.75 Å². The average Bonchev–Trinajstić information content (AvgIpc) is 2.44. The molecule has 0 aromatic heterocycles. The zero-order valence-corrected chi connectivity index (χ0v) is 15.0. The summed E-state index contributed by atoms with van der Waals surface area (Å²) in [5, 5.41) is 4.89. The van der Waals surface area contributed by atoms with E-state index in [2.05, 4.69) is 17.2 Å². The molecule has 1 aromatic rings. The van der Waals surface area contributed by atoms with E-state index in [0.717, 1.165) is 6.07 Å². The van der Waals surface area contributed by atoms with Crippen LogP contribution in [-0.4, -0.2) is 17.6 Å². The third-order valence-electron chi connectivity index (χ3n) is 2.72. The molecule has 2 N–H and O–H groups in total. The molecule has 6 nitrogen and oxygen atoms in total. The average molecular weight is 350 g/mol. The van der Waals surface area contributed by atoms with Gasteiger partial charge in [-0.05, 0) is 45.9 Å². The quantitative estimate of drug-likeness (QED) is 0.619. The van der Waals surface area contributed by atoms with Crippen LogP contribution in [0.25, 0.3) is 0 Å². The summed E-state index contributed by atoms with van der Waals surface area (Å²) in [4.78, 5) is 22.8. The van der Waals surface area contributed by atoms with Gasteiger partial charge in [-0.25, -0.2) is 9.18 Å². The summed E-state index contributed by atoms with van der Waals surface area (Å²) >= 11 is 0. The molecule has 0 spiro atoms. The van der Waals surface area contributed by atoms with Gasteiger partial charge in [0, 0.05) is 13.0 Å². The minimum atomic E-state index is -0.756. The number of allylic oxidation sites excluding steroid dienone is 2. The van der Waals surface area contributed by atoms with Gasteiger partial charge in [-0.3, -0.25) is 10.1 Å². The van der Waals surface area contributed by atoms with Crippen molar-refractivity contribution in [1.82, 2.24) is 5.32 Å². The van der Waals surface area contributed by atoms with Crippen LogP contribution >= 0.6 is 0 Å². The van der Waals surface area contributed by atoms with Crippen molar-refractivity contribution < 1.29 is 23.5 Å². The summed E-state index contributed by atoms with van der Waals surface area (Å²) in [6.45, 7) is 11.7. The number of halogens is 1. The molecule has 0 unspecified atom stereocenters. The summed E-state index contributed by atoms with van der Waals surface area (Å²) in [6.07, 6.45) is 0.643. The minimum absolute atomic E-state index is 0.0377. The van der Waals surface area contributed by atoms with Gasteiger partial charge in [-0.15, -0.1) is 0 Å². The molecular weight excluding hydrogens is 327 g/mol. The minimum Gasteiger partial charge on any atom is -0.455 e. The van der Waals surface area contributed by atoms with Gasteiger partial charge in [0.25, 0.3) is 0 Å². The Morgan fingerprint density at radius 3 is 2.36 bits per heavy atom. The van der Waals surface area contributed by atoms with E-state index in [1.807, 2.05) is 0 Å². The van der Waals surface area contributed by atoms with E-state index in [4.69, 9.17) is 9.47 Å². The SMILES string of the molecule is C=C/C(Oc1ccc(NC(=O)OC(C)(C)C)c(F)c1)=C(\C)NC(C)=O. The first-order valence-electron chi connectivity index (χ1n) is 7.60. The van der Waals surface area contributed by atoms with Gasteiger partial charge in [0.05, 0.1) is 11.4 Å². The normalized spacial score (nSPS) is 11.9. The molecular formula is C18H23FN2O4. The van der Waals surface area contributed by atoms with Crippen LogP contribution in [0.2, 0.25) is 0 Å². The summed E-state index contributed by atoms with van der Waals surface area (Å²) in [5.41, 5.74) is -0.280. The van der Waals surface area contributed by atoms with Gasteiger partial charge >= 0.3 is 6.09 Å². The number of hydrogen-bond acceptors (Lipinski definition) is 4. The monoisotopic (exact) mass is 350 g/mol. The highest BCUT2D eigenvalue weighted by molar-refractivity contribution is 5.85. The van der Waals surface area contributed by atoms with Crippen LogP contribution in [0.15, 0.2) is 42.3 Å². The highest BCUT2D eigenvalue weighted by Gasteiger charge is 2.17. The summed E-state index contributed by atoms with van der Waals surface area (Å²) in [6, 6.07) is 3.93. The first-order valence-corrected chi connectivity index (χ1v) is 7.60. The molecule has 0 aliphatic rings. The van der Waals surface area contributed by atoms with Crippen LogP contribution in [0.1, 0.15) is 34.6 Å². The number of hydrogen-bond donors (Lipinski definition) is 2. The molecule has 0 fully saturated rings. The molecule has 0 saturated heterocycles. The Hall–Kier alpha value is -2.83. The molecule has 0 atom stereocenters. The van der Waals surface area contributed by atoms with Gasteiger partial charge < -0.3 is 14.8 Å². The van der Waals surface area contributed by atoms with E-state index < -0.39 is 17.5 Å². The lowest BCUT2D eigenvalue weighted by molar-refractivity contribution is -0.118. The number of anilines is 1. The van der Waals surface area contributed by atoms with Crippen LogP contribution in [0.4, 0.5) is 14.9 Å². The number of nitrogens with one attached hydrogen (secondary N) is 2. The molecule has 136 valence electrons. The maximum atomic E-state index is 14.1. The zero-order chi connectivity index (χ0) is 19.2. The van der Waals surface area contributed by atoms with E-state index in [9.17, 15) is 14.0 Å². The van der Waals surface area contributed by atoms with E-state index >= 15 is 0 Å². The first kappa shape index (κ1) is 20.2. The third-order valence-corrected chi connectivity index (χ3v) is 2.72. The van der Waals surface area contributed by atoms with Crippen molar-refractivity contribution >= 4 is 17.7 Å². The van der Waals surface area contributed by atoms with Crippen LogP contribution < -0.4 is 15.4 Å². The van der Waals surface area contributed by atoms with Gasteiger partial charge in [-0.2, -0.15) is 0 Å². The molecule has 0 saturated carbocycles. The molecule has 0 bridgehead atoms. The molecule has 0 aliphatic carbocycles. The lowest BCUT2D eigenvalue weighted by atomic mass is 10.2. The van der Waals surface area contributed by atoms with Crippen molar-refractivity contribution in [2.45, 2.75) is 40.2 Å². The Labute approximate surface area is 146 Å². The van der Waals surface area contributed by atoms with E-state index in [-0.39, 0.29) is 23.1 Å². The molecule has 0 aliphatic heterocycles. The van der Waals surface area contributed by atoms with Gasteiger partial charge in [0.15, 0.2) is 5.82 Å². The second kappa shape index (κ2) is 8.32. The Kier molecular flexibility index (Phi) is 6.73. The molecule has 0 radical (unpaired) electrons. The molecule has 1 rings (SSSR count). The first-order chi connectivity index (χ1) is 11.5. The third kappa shape index (κ3) is 7.07. The van der Waals surface area contributed by atoms with Crippen LogP contribution in [0, 0.1) is 5.82 Å². The van der Waals surface area contributed by atoms with Crippen LogP contribution in [-0.2, 0) is 9.53 Å². The Balaban J connectivity index is 2.89. The summed E-state index contributed by atoms with van der Waals surface area (Å²) in [5.74, 6) is -0.484. The number of rotatable bonds is 5.